The lowest BCUT2D eigenvalue weighted by atomic mass is 10.2. The summed E-state index contributed by atoms with van der Waals surface area (Å²) in [4.78, 5) is 18.4. The van der Waals surface area contributed by atoms with Crippen LogP contribution >= 0.6 is 11.3 Å². The van der Waals surface area contributed by atoms with Crippen LogP contribution in [-0.2, 0) is 0 Å². The number of carbonyl (C=O) groups is 1. The molecule has 0 spiro atoms. The number of nitrogen functional groups attached to an aromatic ring is 1. The van der Waals surface area contributed by atoms with Crippen molar-refractivity contribution in [1.82, 2.24) is 9.88 Å². The first-order valence-electron chi connectivity index (χ1n) is 5.71. The zero-order valence-electron chi connectivity index (χ0n) is 10.1. The van der Waals surface area contributed by atoms with Gasteiger partial charge >= 0.3 is 0 Å². The number of pyridine rings is 1. The summed E-state index contributed by atoms with van der Waals surface area (Å²) in [6, 6.07) is 1.81. The molecule has 0 aromatic carbocycles. The Hall–Kier alpha value is -1.66. The van der Waals surface area contributed by atoms with Crippen molar-refractivity contribution < 1.29 is 9.90 Å². The van der Waals surface area contributed by atoms with Crippen molar-refractivity contribution in [2.75, 3.05) is 25.4 Å². The number of aromatic nitrogens is 1. The topological polar surface area (TPSA) is 79.5 Å². The summed E-state index contributed by atoms with van der Waals surface area (Å²) < 4.78 is 0.901. The summed E-state index contributed by atoms with van der Waals surface area (Å²) in [6.07, 6.45) is 3.36. The number of rotatable bonds is 4. The largest absolute Gasteiger partial charge is 0.397 e. The van der Waals surface area contributed by atoms with E-state index in [1.165, 1.54) is 11.3 Å². The molecule has 0 fully saturated rings. The van der Waals surface area contributed by atoms with Crippen LogP contribution in [0.5, 0.6) is 0 Å². The zero-order chi connectivity index (χ0) is 13.1. The third-order valence-corrected chi connectivity index (χ3v) is 3.91. The summed E-state index contributed by atoms with van der Waals surface area (Å²) in [7, 11) is 0. The SMILES string of the molecule is CCN(CCO)C(=O)c1sc2cnccc2c1N. The average molecular weight is 265 g/mol. The third kappa shape index (κ3) is 2.16. The highest BCUT2D eigenvalue weighted by atomic mass is 32.1. The zero-order valence-corrected chi connectivity index (χ0v) is 10.9. The number of likely N-dealkylation sites (N-methyl/N-ethyl adjacent to an activating group) is 1. The molecule has 2 heterocycles. The second-order valence-electron chi connectivity index (χ2n) is 3.83. The second kappa shape index (κ2) is 5.32. The van der Waals surface area contributed by atoms with Crippen LogP contribution in [-0.4, -0.2) is 40.6 Å². The van der Waals surface area contributed by atoms with Gasteiger partial charge in [0.1, 0.15) is 4.88 Å². The van der Waals surface area contributed by atoms with Crippen molar-refractivity contribution in [3.8, 4) is 0 Å². The average Bonchev–Trinajstić information content (AvgIpc) is 2.73. The lowest BCUT2D eigenvalue weighted by Gasteiger charge is -2.18. The molecule has 2 aromatic rings. The van der Waals surface area contributed by atoms with Crippen LogP contribution in [0.2, 0.25) is 0 Å². The molecule has 3 N–H and O–H groups in total. The second-order valence-corrected chi connectivity index (χ2v) is 4.88. The Labute approximate surface area is 109 Å². The quantitative estimate of drug-likeness (QED) is 0.874. The van der Waals surface area contributed by atoms with E-state index < -0.39 is 0 Å². The molecule has 0 saturated heterocycles. The van der Waals surface area contributed by atoms with Gasteiger partial charge in [0.2, 0.25) is 0 Å². The van der Waals surface area contributed by atoms with Gasteiger partial charge in [-0.25, -0.2) is 0 Å². The first-order valence-corrected chi connectivity index (χ1v) is 6.52. The lowest BCUT2D eigenvalue weighted by Crippen LogP contribution is -2.33. The lowest BCUT2D eigenvalue weighted by molar-refractivity contribution is 0.0738. The van der Waals surface area contributed by atoms with Gasteiger partial charge in [0.25, 0.3) is 5.91 Å². The summed E-state index contributed by atoms with van der Waals surface area (Å²) >= 11 is 1.34. The van der Waals surface area contributed by atoms with Gasteiger partial charge in [0.15, 0.2) is 0 Å². The van der Waals surface area contributed by atoms with Crippen molar-refractivity contribution in [3.05, 3.63) is 23.3 Å². The van der Waals surface area contributed by atoms with E-state index >= 15 is 0 Å². The Balaban J connectivity index is 2.41. The summed E-state index contributed by atoms with van der Waals surface area (Å²) in [5, 5.41) is 9.80. The summed E-state index contributed by atoms with van der Waals surface area (Å²) in [5.41, 5.74) is 6.50. The number of fused-ring (bicyclic) bond motifs is 1. The molecule has 2 rings (SSSR count). The van der Waals surface area contributed by atoms with Crippen LogP contribution in [0, 0.1) is 0 Å². The van der Waals surface area contributed by atoms with Crippen molar-refractivity contribution in [1.29, 1.82) is 0 Å². The Morgan fingerprint density at radius 2 is 2.39 bits per heavy atom. The van der Waals surface area contributed by atoms with E-state index in [2.05, 4.69) is 4.98 Å². The predicted octanol–water partition coefficient (Wildman–Crippen LogP) is 1.33. The fourth-order valence-corrected chi connectivity index (χ4v) is 2.86. The molecule has 0 radical (unpaired) electrons. The van der Waals surface area contributed by atoms with Crippen molar-refractivity contribution >= 4 is 33.0 Å². The molecule has 6 heteroatoms. The first-order chi connectivity index (χ1) is 8.69. The van der Waals surface area contributed by atoms with Crippen molar-refractivity contribution in [2.45, 2.75) is 6.92 Å². The Morgan fingerprint density at radius 1 is 1.61 bits per heavy atom. The fourth-order valence-electron chi connectivity index (χ4n) is 1.80. The maximum atomic E-state index is 12.3. The van der Waals surface area contributed by atoms with E-state index in [0.717, 1.165) is 10.1 Å². The van der Waals surface area contributed by atoms with Gasteiger partial charge in [-0.1, -0.05) is 0 Å². The number of carbonyl (C=O) groups excluding carboxylic acids is 1. The highest BCUT2D eigenvalue weighted by Crippen LogP contribution is 2.33. The minimum atomic E-state index is -0.134. The van der Waals surface area contributed by atoms with E-state index in [4.69, 9.17) is 10.8 Å². The first kappa shape index (κ1) is 12.8. The van der Waals surface area contributed by atoms with Crippen LogP contribution in [0.1, 0.15) is 16.6 Å². The highest BCUT2D eigenvalue weighted by molar-refractivity contribution is 7.21. The minimum Gasteiger partial charge on any atom is -0.397 e. The molecule has 0 aliphatic rings. The molecular weight excluding hydrogens is 250 g/mol. The number of anilines is 1. The Bertz CT molecular complexity index is 567. The number of aliphatic hydroxyl groups is 1. The maximum Gasteiger partial charge on any atom is 0.266 e. The molecule has 2 aromatic heterocycles. The standard InChI is InChI=1S/C12H15N3O2S/c1-2-15(5-6-16)12(17)11-10(13)8-3-4-14-7-9(8)18-11/h3-4,7,16H,2,5-6,13H2,1H3. The van der Waals surface area contributed by atoms with Crippen LogP contribution in [0.3, 0.4) is 0 Å². The number of hydrogen-bond donors (Lipinski definition) is 2. The van der Waals surface area contributed by atoms with Gasteiger partial charge in [-0.2, -0.15) is 0 Å². The molecule has 0 unspecified atom stereocenters. The maximum absolute atomic E-state index is 12.3. The molecule has 96 valence electrons. The van der Waals surface area contributed by atoms with Crippen molar-refractivity contribution in [3.63, 3.8) is 0 Å². The van der Waals surface area contributed by atoms with Gasteiger partial charge in [0.05, 0.1) is 17.0 Å². The Morgan fingerprint density at radius 3 is 3.00 bits per heavy atom. The molecule has 5 nitrogen and oxygen atoms in total. The molecule has 1 amide bonds. The molecule has 0 aliphatic carbocycles. The van der Waals surface area contributed by atoms with Crippen LogP contribution in [0.15, 0.2) is 18.5 Å². The number of amides is 1. The Kier molecular flexibility index (Phi) is 3.78. The van der Waals surface area contributed by atoms with Gasteiger partial charge in [0, 0.05) is 30.9 Å². The number of hydrogen-bond acceptors (Lipinski definition) is 5. The summed E-state index contributed by atoms with van der Waals surface area (Å²) in [5.74, 6) is -0.134. The molecule has 0 aliphatic heterocycles. The molecule has 0 atom stereocenters. The highest BCUT2D eigenvalue weighted by Gasteiger charge is 2.20. The van der Waals surface area contributed by atoms with Gasteiger partial charge in [-0.15, -0.1) is 11.3 Å². The fraction of sp³-hybridized carbons (Fsp3) is 0.333. The van der Waals surface area contributed by atoms with Crippen LogP contribution in [0.4, 0.5) is 5.69 Å². The number of nitrogens with two attached hydrogens (primary N) is 1. The smallest absolute Gasteiger partial charge is 0.266 e. The van der Waals surface area contributed by atoms with E-state index in [1.807, 2.05) is 6.92 Å². The van der Waals surface area contributed by atoms with Crippen molar-refractivity contribution in [2.24, 2.45) is 0 Å². The monoisotopic (exact) mass is 265 g/mol. The van der Waals surface area contributed by atoms with Gasteiger partial charge < -0.3 is 15.7 Å². The van der Waals surface area contributed by atoms with E-state index in [-0.39, 0.29) is 12.5 Å². The number of nitrogens with zero attached hydrogens (tertiary/aromatic N) is 2. The van der Waals surface area contributed by atoms with Gasteiger partial charge in [-0.3, -0.25) is 9.78 Å². The van der Waals surface area contributed by atoms with E-state index in [0.29, 0.717) is 23.7 Å². The normalized spacial score (nSPS) is 10.8. The number of aliphatic hydroxyl groups excluding tert-OH is 1. The molecule has 18 heavy (non-hydrogen) atoms. The predicted molar refractivity (Wildman–Crippen MR) is 72.7 cm³/mol. The van der Waals surface area contributed by atoms with Crippen LogP contribution in [0.25, 0.3) is 10.1 Å². The third-order valence-electron chi connectivity index (χ3n) is 2.76. The van der Waals surface area contributed by atoms with E-state index in [1.54, 1.807) is 23.4 Å². The summed E-state index contributed by atoms with van der Waals surface area (Å²) in [6.45, 7) is 2.69. The van der Waals surface area contributed by atoms with Gasteiger partial charge in [-0.05, 0) is 13.0 Å². The molecule has 0 saturated carbocycles. The molecular formula is C12H15N3O2S. The minimum absolute atomic E-state index is 0.0497. The van der Waals surface area contributed by atoms with E-state index in [9.17, 15) is 4.79 Å². The number of thiophene rings is 1. The molecule has 0 bridgehead atoms. The van der Waals surface area contributed by atoms with Crippen LogP contribution < -0.4 is 5.73 Å².